The summed E-state index contributed by atoms with van der Waals surface area (Å²) in [5, 5.41) is 1.84. The van der Waals surface area contributed by atoms with Gasteiger partial charge in [-0.1, -0.05) is 6.92 Å². The van der Waals surface area contributed by atoms with E-state index in [1.807, 2.05) is 5.32 Å². The van der Waals surface area contributed by atoms with E-state index >= 15 is 0 Å². The summed E-state index contributed by atoms with van der Waals surface area (Å²) in [6, 6.07) is -0.826. The lowest BCUT2D eigenvalue weighted by atomic mass is 10.5. The van der Waals surface area contributed by atoms with Crippen LogP contribution in [0, 0.1) is 6.42 Å². The molecule has 0 aliphatic carbocycles. The van der Waals surface area contributed by atoms with E-state index in [0.717, 1.165) is 0 Å². The van der Waals surface area contributed by atoms with Crippen molar-refractivity contribution in [3.8, 4) is 0 Å². The van der Waals surface area contributed by atoms with E-state index in [1.165, 1.54) is 13.3 Å². The van der Waals surface area contributed by atoms with E-state index in [4.69, 9.17) is 0 Å². The minimum absolute atomic E-state index is 0.475. The van der Waals surface area contributed by atoms with Crippen LogP contribution in [-0.4, -0.2) is 11.9 Å². The summed E-state index contributed by atoms with van der Waals surface area (Å²) in [6.45, 7) is 1.51. The lowest BCUT2D eigenvalue weighted by Crippen LogP contribution is -2.34. The minimum Gasteiger partial charge on any atom is -0.351 e. The first-order valence-electron chi connectivity index (χ1n) is 2.06. The van der Waals surface area contributed by atoms with E-state index in [2.05, 4.69) is 5.73 Å². The Balaban J connectivity index is 3.40. The van der Waals surface area contributed by atoms with Crippen molar-refractivity contribution in [1.82, 2.24) is 5.32 Å². The third-order valence-corrected chi connectivity index (χ3v) is 0.509. The van der Waals surface area contributed by atoms with Crippen LogP contribution in [0.1, 0.15) is 6.92 Å². The Morgan fingerprint density at radius 2 is 2.12 bits per heavy atom. The number of nitrogens with one attached hydrogen (secondary N) is 1. The molecular formula is C4H7N2O2. The van der Waals surface area contributed by atoms with Crippen LogP contribution in [0.4, 0.5) is 4.79 Å². The van der Waals surface area contributed by atoms with Crippen LogP contribution in [0.25, 0.3) is 0 Å². The van der Waals surface area contributed by atoms with E-state index in [0.29, 0.717) is 0 Å². The molecule has 45 valence electrons. The number of urea groups is 1. The SMILES string of the molecule is C[CH]C(=O)NC(N)=O. The summed E-state index contributed by atoms with van der Waals surface area (Å²) < 4.78 is 0. The van der Waals surface area contributed by atoms with Crippen LogP contribution in [0.3, 0.4) is 0 Å². The molecule has 1 radical (unpaired) electrons. The molecule has 0 aromatic rings. The van der Waals surface area contributed by atoms with E-state index in [9.17, 15) is 9.59 Å². The topological polar surface area (TPSA) is 72.2 Å². The molecule has 3 amide bonds. The quantitative estimate of drug-likeness (QED) is 0.479. The van der Waals surface area contributed by atoms with Crippen LogP contribution in [0.15, 0.2) is 0 Å². The lowest BCUT2D eigenvalue weighted by molar-refractivity contribution is -0.116. The molecule has 0 unspecified atom stereocenters. The van der Waals surface area contributed by atoms with Gasteiger partial charge in [0.1, 0.15) is 0 Å². The highest BCUT2D eigenvalue weighted by Crippen LogP contribution is 1.69. The molecule has 4 heteroatoms. The molecule has 0 spiro atoms. The molecule has 0 aromatic heterocycles. The average Bonchev–Trinajstić information content (AvgIpc) is 1.65. The van der Waals surface area contributed by atoms with Crippen molar-refractivity contribution in [3.05, 3.63) is 6.42 Å². The fourth-order valence-corrected chi connectivity index (χ4v) is 0.194. The van der Waals surface area contributed by atoms with Crippen molar-refractivity contribution in [2.45, 2.75) is 6.92 Å². The first kappa shape index (κ1) is 6.94. The van der Waals surface area contributed by atoms with Crippen molar-refractivity contribution < 1.29 is 9.59 Å². The minimum atomic E-state index is -0.826. The second kappa shape index (κ2) is 3.01. The fourth-order valence-electron chi connectivity index (χ4n) is 0.194. The number of carbonyl (C=O) groups is 2. The Bertz CT molecular complexity index is 111. The zero-order chi connectivity index (χ0) is 6.57. The molecule has 3 N–H and O–H groups in total. The van der Waals surface area contributed by atoms with Gasteiger partial charge in [-0.25, -0.2) is 4.79 Å². The summed E-state index contributed by atoms with van der Waals surface area (Å²) in [6.07, 6.45) is 1.21. The zero-order valence-electron chi connectivity index (χ0n) is 4.47. The number of imide groups is 1. The number of amides is 3. The van der Waals surface area contributed by atoms with Crippen molar-refractivity contribution in [2.75, 3.05) is 0 Å². The van der Waals surface area contributed by atoms with Crippen LogP contribution in [-0.2, 0) is 4.79 Å². The molecule has 0 aromatic carbocycles. The van der Waals surface area contributed by atoms with Crippen molar-refractivity contribution >= 4 is 11.9 Å². The lowest BCUT2D eigenvalue weighted by Gasteiger charge is -1.92. The second-order valence-electron chi connectivity index (χ2n) is 1.14. The highest BCUT2D eigenvalue weighted by Gasteiger charge is 1.97. The molecule has 0 aliphatic rings. The van der Waals surface area contributed by atoms with Crippen LogP contribution < -0.4 is 11.1 Å². The molecule has 8 heavy (non-hydrogen) atoms. The largest absolute Gasteiger partial charge is 0.351 e. The summed E-state index contributed by atoms with van der Waals surface area (Å²) >= 11 is 0. The van der Waals surface area contributed by atoms with Gasteiger partial charge in [0, 0.05) is 6.42 Å². The molecule has 0 saturated heterocycles. The Labute approximate surface area is 47.0 Å². The second-order valence-corrected chi connectivity index (χ2v) is 1.14. The summed E-state index contributed by atoms with van der Waals surface area (Å²) in [5.74, 6) is -0.475. The van der Waals surface area contributed by atoms with Crippen molar-refractivity contribution in [1.29, 1.82) is 0 Å². The van der Waals surface area contributed by atoms with Crippen LogP contribution in [0.2, 0.25) is 0 Å². The van der Waals surface area contributed by atoms with Gasteiger partial charge in [-0.05, 0) is 0 Å². The number of nitrogens with two attached hydrogens (primary N) is 1. The molecule has 0 atom stereocenters. The number of hydrogen-bond acceptors (Lipinski definition) is 2. The van der Waals surface area contributed by atoms with E-state index in [-0.39, 0.29) is 0 Å². The molecule has 0 saturated carbocycles. The molecule has 0 heterocycles. The standard InChI is InChI=1S/C4H7N2O2/c1-2-3(7)6-4(5)8/h2H,1H3,(H3,5,6,7,8). The van der Waals surface area contributed by atoms with Gasteiger partial charge in [0.25, 0.3) is 0 Å². The highest BCUT2D eigenvalue weighted by molar-refractivity contribution is 5.97. The van der Waals surface area contributed by atoms with Crippen LogP contribution in [0.5, 0.6) is 0 Å². The van der Waals surface area contributed by atoms with E-state index < -0.39 is 11.9 Å². The molecule has 0 rings (SSSR count). The van der Waals surface area contributed by atoms with Gasteiger partial charge >= 0.3 is 6.03 Å². The van der Waals surface area contributed by atoms with Crippen molar-refractivity contribution in [3.63, 3.8) is 0 Å². The predicted octanol–water partition coefficient (Wildman–Crippen LogP) is -0.595. The van der Waals surface area contributed by atoms with Gasteiger partial charge in [0.2, 0.25) is 5.91 Å². The molecule has 0 fully saturated rings. The smallest absolute Gasteiger partial charge is 0.318 e. The average molecular weight is 115 g/mol. The number of hydrogen-bond donors (Lipinski definition) is 2. The maximum Gasteiger partial charge on any atom is 0.318 e. The first-order chi connectivity index (χ1) is 3.66. The Kier molecular flexibility index (Phi) is 2.61. The summed E-state index contributed by atoms with van der Waals surface area (Å²) in [4.78, 5) is 20.0. The number of carbonyl (C=O) groups excluding carboxylic acids is 2. The molecule has 4 nitrogen and oxygen atoms in total. The van der Waals surface area contributed by atoms with Gasteiger partial charge in [-0.3, -0.25) is 10.1 Å². The summed E-state index contributed by atoms with van der Waals surface area (Å²) in [7, 11) is 0. The van der Waals surface area contributed by atoms with Crippen molar-refractivity contribution in [2.24, 2.45) is 5.73 Å². The van der Waals surface area contributed by atoms with E-state index in [1.54, 1.807) is 0 Å². The Hall–Kier alpha value is -1.06. The maximum atomic E-state index is 10.2. The fraction of sp³-hybridized carbons (Fsp3) is 0.250. The first-order valence-corrected chi connectivity index (χ1v) is 2.06. The number of primary amides is 1. The normalized spacial score (nSPS) is 8.12. The van der Waals surface area contributed by atoms with Gasteiger partial charge in [0.15, 0.2) is 0 Å². The number of rotatable bonds is 1. The maximum absolute atomic E-state index is 10.2. The molecule has 0 bridgehead atoms. The Morgan fingerprint density at radius 3 is 2.25 bits per heavy atom. The van der Waals surface area contributed by atoms with Gasteiger partial charge < -0.3 is 5.73 Å². The highest BCUT2D eigenvalue weighted by atomic mass is 16.2. The van der Waals surface area contributed by atoms with Gasteiger partial charge in [-0.15, -0.1) is 0 Å². The van der Waals surface area contributed by atoms with Gasteiger partial charge in [0.05, 0.1) is 0 Å². The molecular weight excluding hydrogens is 108 g/mol. The van der Waals surface area contributed by atoms with Crippen LogP contribution >= 0.6 is 0 Å². The monoisotopic (exact) mass is 115 g/mol. The summed E-state index contributed by atoms with van der Waals surface area (Å²) in [5.41, 5.74) is 4.58. The van der Waals surface area contributed by atoms with Gasteiger partial charge in [-0.2, -0.15) is 0 Å². The third-order valence-electron chi connectivity index (χ3n) is 0.509. The Morgan fingerprint density at radius 1 is 1.62 bits per heavy atom. The zero-order valence-corrected chi connectivity index (χ0v) is 4.47. The predicted molar refractivity (Wildman–Crippen MR) is 27.7 cm³/mol. The third kappa shape index (κ3) is 3.14. The molecule has 0 aliphatic heterocycles.